The van der Waals surface area contributed by atoms with E-state index in [9.17, 15) is 14.9 Å². The van der Waals surface area contributed by atoms with E-state index >= 15 is 0 Å². The van der Waals surface area contributed by atoms with Crippen LogP contribution in [0.1, 0.15) is 17.3 Å². The number of esters is 1. The fourth-order valence-electron chi connectivity index (χ4n) is 1.17. The Morgan fingerprint density at radius 2 is 2.25 bits per heavy atom. The Hall–Kier alpha value is -1.56. The number of rotatable bonds is 4. The summed E-state index contributed by atoms with van der Waals surface area (Å²) < 4.78 is 4.81. The van der Waals surface area contributed by atoms with E-state index in [1.54, 1.807) is 13.2 Å². The molecule has 0 amide bonds. The van der Waals surface area contributed by atoms with Crippen LogP contribution in [0, 0.1) is 10.1 Å². The minimum atomic E-state index is -0.471. The highest BCUT2D eigenvalue weighted by Gasteiger charge is 2.16. The molecule has 16 heavy (non-hydrogen) atoms. The van der Waals surface area contributed by atoms with Crippen molar-refractivity contribution in [1.29, 1.82) is 0 Å². The molecule has 0 saturated heterocycles. The van der Waals surface area contributed by atoms with Crippen LogP contribution in [0.4, 0.5) is 5.69 Å². The summed E-state index contributed by atoms with van der Waals surface area (Å²) in [6, 6.07) is 4.19. The topological polar surface area (TPSA) is 69.4 Å². The quantitative estimate of drug-likeness (QED) is 0.350. The van der Waals surface area contributed by atoms with Gasteiger partial charge in [-0.3, -0.25) is 10.1 Å². The van der Waals surface area contributed by atoms with Crippen molar-refractivity contribution in [2.75, 3.05) is 12.9 Å². The molecule has 1 rings (SSSR count). The molecule has 0 radical (unpaired) electrons. The number of carbonyl (C=O) groups excluding carboxylic acids is 1. The largest absolute Gasteiger partial charge is 0.462 e. The maximum Gasteiger partial charge on any atom is 0.338 e. The Morgan fingerprint density at radius 1 is 1.56 bits per heavy atom. The van der Waals surface area contributed by atoms with Crippen LogP contribution in [0.3, 0.4) is 0 Å². The first-order chi connectivity index (χ1) is 7.60. The molecule has 0 heterocycles. The Kier molecular flexibility index (Phi) is 4.30. The molecule has 0 aliphatic heterocycles. The van der Waals surface area contributed by atoms with Crippen molar-refractivity contribution in [3.63, 3.8) is 0 Å². The first-order valence-corrected chi connectivity index (χ1v) is 5.82. The minimum absolute atomic E-state index is 0.000508. The standard InChI is InChI=1S/C10H11NO4S/c1-3-15-10(12)7-4-5-8(11(13)14)9(6-7)16-2/h4-6H,3H2,1-2H3. The van der Waals surface area contributed by atoms with Crippen LogP contribution in [0.25, 0.3) is 0 Å². The van der Waals surface area contributed by atoms with E-state index in [4.69, 9.17) is 4.74 Å². The van der Waals surface area contributed by atoms with E-state index in [-0.39, 0.29) is 12.3 Å². The predicted octanol–water partition coefficient (Wildman–Crippen LogP) is 2.49. The fourth-order valence-corrected chi connectivity index (χ4v) is 1.77. The molecule has 5 nitrogen and oxygen atoms in total. The van der Waals surface area contributed by atoms with Crippen molar-refractivity contribution >= 4 is 23.4 Å². The van der Waals surface area contributed by atoms with Crippen molar-refractivity contribution in [3.05, 3.63) is 33.9 Å². The van der Waals surface area contributed by atoms with Crippen molar-refractivity contribution < 1.29 is 14.5 Å². The fraction of sp³-hybridized carbons (Fsp3) is 0.300. The number of benzene rings is 1. The summed E-state index contributed by atoms with van der Waals surface area (Å²) in [6.45, 7) is 1.99. The van der Waals surface area contributed by atoms with Crippen LogP contribution < -0.4 is 0 Å². The second-order valence-corrected chi connectivity index (χ2v) is 3.71. The summed E-state index contributed by atoms with van der Waals surface area (Å²) in [7, 11) is 0. The Balaban J connectivity index is 3.08. The lowest BCUT2D eigenvalue weighted by Gasteiger charge is -2.04. The molecule has 0 atom stereocenters. The van der Waals surface area contributed by atoms with E-state index in [0.29, 0.717) is 10.5 Å². The molecule has 1 aromatic rings. The van der Waals surface area contributed by atoms with E-state index < -0.39 is 10.9 Å². The van der Waals surface area contributed by atoms with Gasteiger partial charge in [0, 0.05) is 6.07 Å². The summed E-state index contributed by atoms with van der Waals surface area (Å²) >= 11 is 1.22. The Labute approximate surface area is 96.9 Å². The first kappa shape index (κ1) is 12.5. The molecule has 0 bridgehead atoms. The predicted molar refractivity (Wildman–Crippen MR) is 60.8 cm³/mol. The highest BCUT2D eigenvalue weighted by Crippen LogP contribution is 2.28. The smallest absolute Gasteiger partial charge is 0.338 e. The Bertz CT molecular complexity index is 419. The third-order valence-electron chi connectivity index (χ3n) is 1.89. The molecule has 0 aromatic heterocycles. The van der Waals surface area contributed by atoms with Gasteiger partial charge < -0.3 is 4.74 Å². The van der Waals surface area contributed by atoms with Crippen LogP contribution in [-0.4, -0.2) is 23.8 Å². The second kappa shape index (κ2) is 5.50. The molecule has 6 heteroatoms. The van der Waals surface area contributed by atoms with Gasteiger partial charge in [0.25, 0.3) is 5.69 Å². The van der Waals surface area contributed by atoms with Gasteiger partial charge in [-0.1, -0.05) is 0 Å². The lowest BCUT2D eigenvalue weighted by molar-refractivity contribution is -0.387. The van der Waals surface area contributed by atoms with Gasteiger partial charge in [0.1, 0.15) is 0 Å². The maximum absolute atomic E-state index is 11.4. The molecule has 0 aliphatic rings. The van der Waals surface area contributed by atoms with Gasteiger partial charge in [0.15, 0.2) is 0 Å². The SMILES string of the molecule is CCOC(=O)c1ccc([N+](=O)[O-])c(SC)c1. The van der Waals surface area contributed by atoms with E-state index in [0.717, 1.165) is 0 Å². The monoisotopic (exact) mass is 241 g/mol. The summed E-state index contributed by atoms with van der Waals surface area (Å²) in [5.74, 6) is -0.465. The molecular formula is C10H11NO4S. The zero-order chi connectivity index (χ0) is 12.1. The molecule has 0 fully saturated rings. The third-order valence-corrected chi connectivity index (χ3v) is 2.65. The molecule has 0 aliphatic carbocycles. The number of hydrogen-bond acceptors (Lipinski definition) is 5. The van der Waals surface area contributed by atoms with Crippen molar-refractivity contribution in [2.45, 2.75) is 11.8 Å². The Morgan fingerprint density at radius 3 is 2.75 bits per heavy atom. The summed E-state index contributed by atoms with van der Waals surface area (Å²) in [6.07, 6.45) is 1.72. The van der Waals surface area contributed by atoms with Crippen LogP contribution in [0.5, 0.6) is 0 Å². The molecule has 0 saturated carbocycles. The first-order valence-electron chi connectivity index (χ1n) is 4.59. The lowest BCUT2D eigenvalue weighted by atomic mass is 10.2. The average Bonchev–Trinajstić information content (AvgIpc) is 2.28. The highest BCUT2D eigenvalue weighted by atomic mass is 32.2. The van der Waals surface area contributed by atoms with Crippen LogP contribution in [0.15, 0.2) is 23.1 Å². The van der Waals surface area contributed by atoms with Crippen molar-refractivity contribution in [3.8, 4) is 0 Å². The molecule has 1 aromatic carbocycles. The summed E-state index contributed by atoms with van der Waals surface area (Å²) in [5.41, 5.74) is 0.331. The second-order valence-electron chi connectivity index (χ2n) is 2.86. The number of ether oxygens (including phenoxy) is 1. The van der Waals surface area contributed by atoms with Crippen LogP contribution in [-0.2, 0) is 4.74 Å². The summed E-state index contributed by atoms with van der Waals surface area (Å²) in [4.78, 5) is 22.0. The number of nitro groups is 1. The van der Waals surface area contributed by atoms with Gasteiger partial charge in [0.2, 0.25) is 0 Å². The van der Waals surface area contributed by atoms with E-state index in [1.807, 2.05) is 0 Å². The third kappa shape index (κ3) is 2.73. The molecule has 0 spiro atoms. The van der Waals surface area contributed by atoms with Crippen molar-refractivity contribution in [1.82, 2.24) is 0 Å². The van der Waals surface area contributed by atoms with Gasteiger partial charge in [-0.2, -0.15) is 0 Å². The number of nitro benzene ring substituents is 1. The molecule has 86 valence electrons. The maximum atomic E-state index is 11.4. The van der Waals surface area contributed by atoms with Gasteiger partial charge in [0.05, 0.1) is 22.0 Å². The van der Waals surface area contributed by atoms with Crippen LogP contribution >= 0.6 is 11.8 Å². The molecule has 0 N–H and O–H groups in total. The van der Waals surface area contributed by atoms with E-state index in [1.165, 1.54) is 30.0 Å². The van der Waals surface area contributed by atoms with Gasteiger partial charge in [-0.05, 0) is 25.3 Å². The van der Waals surface area contributed by atoms with Gasteiger partial charge in [-0.25, -0.2) is 4.79 Å². The average molecular weight is 241 g/mol. The number of thioether (sulfide) groups is 1. The zero-order valence-electron chi connectivity index (χ0n) is 8.93. The summed E-state index contributed by atoms with van der Waals surface area (Å²) in [5, 5.41) is 10.7. The van der Waals surface area contributed by atoms with Gasteiger partial charge >= 0.3 is 5.97 Å². The van der Waals surface area contributed by atoms with E-state index in [2.05, 4.69) is 0 Å². The molecular weight excluding hydrogens is 230 g/mol. The van der Waals surface area contributed by atoms with Crippen molar-refractivity contribution in [2.24, 2.45) is 0 Å². The highest BCUT2D eigenvalue weighted by molar-refractivity contribution is 7.98. The lowest BCUT2D eigenvalue weighted by Crippen LogP contribution is -2.05. The number of nitrogens with zero attached hydrogens (tertiary/aromatic N) is 1. The number of carbonyl (C=O) groups is 1. The number of hydrogen-bond donors (Lipinski definition) is 0. The van der Waals surface area contributed by atoms with Gasteiger partial charge in [-0.15, -0.1) is 11.8 Å². The molecule has 0 unspecified atom stereocenters. The minimum Gasteiger partial charge on any atom is -0.462 e. The normalized spacial score (nSPS) is 9.88. The van der Waals surface area contributed by atoms with Crippen LogP contribution in [0.2, 0.25) is 0 Å². The zero-order valence-corrected chi connectivity index (χ0v) is 9.74.